The van der Waals surface area contributed by atoms with Crippen molar-refractivity contribution >= 4 is 10.9 Å². The highest BCUT2D eigenvalue weighted by Crippen LogP contribution is 2.25. The Labute approximate surface area is 90.1 Å². The van der Waals surface area contributed by atoms with Gasteiger partial charge in [0.1, 0.15) is 0 Å². The molecule has 1 aromatic heterocycles. The number of nitrogens with zero attached hydrogens (tertiary/aromatic N) is 1. The Morgan fingerprint density at radius 1 is 1.13 bits per heavy atom. The number of nitrogens with two attached hydrogens (primary N) is 1. The number of hydrogen-bond donors (Lipinski definition) is 1. The van der Waals surface area contributed by atoms with Crippen LogP contribution in [0.1, 0.15) is 25.5 Å². The lowest BCUT2D eigenvalue weighted by Crippen LogP contribution is -2.16. The van der Waals surface area contributed by atoms with Crippen molar-refractivity contribution in [2.75, 3.05) is 0 Å². The first-order chi connectivity index (χ1) is 7.20. The van der Waals surface area contributed by atoms with E-state index in [1.54, 1.807) is 0 Å². The zero-order valence-electron chi connectivity index (χ0n) is 9.14. The van der Waals surface area contributed by atoms with Crippen LogP contribution in [0.4, 0.5) is 0 Å². The Morgan fingerprint density at radius 3 is 2.67 bits per heavy atom. The molecular formula is C13H16N2. The van der Waals surface area contributed by atoms with Crippen LogP contribution >= 0.6 is 0 Å². The van der Waals surface area contributed by atoms with Gasteiger partial charge in [0, 0.05) is 17.6 Å². The summed E-state index contributed by atoms with van der Waals surface area (Å²) in [5.74, 6) is 0.441. The zero-order chi connectivity index (χ0) is 10.8. The molecular weight excluding hydrogens is 184 g/mol. The SMILES string of the molecule is CC(C)C(N)c1cccc2ncccc12. The second kappa shape index (κ2) is 3.99. The summed E-state index contributed by atoms with van der Waals surface area (Å²) in [5, 5.41) is 1.17. The summed E-state index contributed by atoms with van der Waals surface area (Å²) >= 11 is 0. The standard InChI is InChI=1S/C13H16N2/c1-9(2)13(14)11-5-3-7-12-10(11)6-4-8-15-12/h3-9,13H,14H2,1-2H3. The molecule has 0 aliphatic carbocycles. The molecule has 0 amide bonds. The van der Waals surface area contributed by atoms with E-state index in [0.29, 0.717) is 5.92 Å². The molecule has 0 spiro atoms. The number of pyridine rings is 1. The highest BCUT2D eigenvalue weighted by atomic mass is 14.7. The van der Waals surface area contributed by atoms with E-state index in [2.05, 4.69) is 31.0 Å². The third kappa shape index (κ3) is 1.85. The van der Waals surface area contributed by atoms with Crippen molar-refractivity contribution in [3.63, 3.8) is 0 Å². The summed E-state index contributed by atoms with van der Waals surface area (Å²) in [7, 11) is 0. The average Bonchev–Trinajstić information content (AvgIpc) is 2.27. The molecule has 0 aliphatic heterocycles. The fourth-order valence-electron chi connectivity index (χ4n) is 1.78. The number of aromatic nitrogens is 1. The van der Waals surface area contributed by atoms with Crippen molar-refractivity contribution in [2.24, 2.45) is 11.7 Å². The van der Waals surface area contributed by atoms with Crippen LogP contribution in [0, 0.1) is 5.92 Å². The lowest BCUT2D eigenvalue weighted by molar-refractivity contribution is 0.517. The first-order valence-corrected chi connectivity index (χ1v) is 5.29. The van der Waals surface area contributed by atoms with E-state index in [1.165, 1.54) is 10.9 Å². The third-order valence-electron chi connectivity index (χ3n) is 2.76. The summed E-state index contributed by atoms with van der Waals surface area (Å²) < 4.78 is 0. The van der Waals surface area contributed by atoms with Crippen molar-refractivity contribution < 1.29 is 0 Å². The fraction of sp³-hybridized carbons (Fsp3) is 0.308. The van der Waals surface area contributed by atoms with E-state index in [1.807, 2.05) is 24.4 Å². The van der Waals surface area contributed by atoms with Gasteiger partial charge in [-0.05, 0) is 23.6 Å². The molecule has 0 bridgehead atoms. The number of hydrogen-bond acceptors (Lipinski definition) is 2. The molecule has 1 unspecified atom stereocenters. The minimum absolute atomic E-state index is 0.0814. The van der Waals surface area contributed by atoms with Gasteiger partial charge in [-0.25, -0.2) is 0 Å². The van der Waals surface area contributed by atoms with E-state index >= 15 is 0 Å². The molecule has 0 fully saturated rings. The molecule has 2 heteroatoms. The summed E-state index contributed by atoms with van der Waals surface area (Å²) in [4.78, 5) is 4.33. The zero-order valence-corrected chi connectivity index (χ0v) is 9.14. The first-order valence-electron chi connectivity index (χ1n) is 5.29. The maximum absolute atomic E-state index is 6.18. The highest BCUT2D eigenvalue weighted by molar-refractivity contribution is 5.82. The first kappa shape index (κ1) is 10.1. The van der Waals surface area contributed by atoms with Gasteiger partial charge in [0.05, 0.1) is 5.52 Å². The molecule has 0 radical (unpaired) electrons. The minimum Gasteiger partial charge on any atom is -0.324 e. The van der Waals surface area contributed by atoms with Gasteiger partial charge in [-0.1, -0.05) is 32.0 Å². The molecule has 0 saturated carbocycles. The summed E-state index contributed by atoms with van der Waals surface area (Å²) in [5.41, 5.74) is 8.39. The molecule has 2 rings (SSSR count). The molecule has 1 heterocycles. The maximum atomic E-state index is 6.18. The van der Waals surface area contributed by atoms with Gasteiger partial charge in [-0.15, -0.1) is 0 Å². The molecule has 0 aliphatic rings. The van der Waals surface area contributed by atoms with Crippen LogP contribution < -0.4 is 5.73 Å². The van der Waals surface area contributed by atoms with Crippen molar-refractivity contribution in [3.8, 4) is 0 Å². The topological polar surface area (TPSA) is 38.9 Å². The molecule has 2 nitrogen and oxygen atoms in total. The molecule has 1 atom stereocenters. The van der Waals surface area contributed by atoms with Gasteiger partial charge in [0.15, 0.2) is 0 Å². The normalized spacial score (nSPS) is 13.3. The molecule has 78 valence electrons. The van der Waals surface area contributed by atoms with Crippen molar-refractivity contribution in [1.82, 2.24) is 4.98 Å². The van der Waals surface area contributed by atoms with Crippen LogP contribution in [0.15, 0.2) is 36.5 Å². The van der Waals surface area contributed by atoms with E-state index in [4.69, 9.17) is 5.73 Å². The van der Waals surface area contributed by atoms with E-state index in [0.717, 1.165) is 5.52 Å². The maximum Gasteiger partial charge on any atom is 0.0705 e. The molecule has 2 N–H and O–H groups in total. The second-order valence-electron chi connectivity index (χ2n) is 4.19. The molecule has 0 saturated heterocycles. The predicted octanol–water partition coefficient (Wildman–Crippen LogP) is 2.89. The Kier molecular flexibility index (Phi) is 2.69. The largest absolute Gasteiger partial charge is 0.324 e. The van der Waals surface area contributed by atoms with Gasteiger partial charge in [0.25, 0.3) is 0 Å². The van der Waals surface area contributed by atoms with Crippen molar-refractivity contribution in [2.45, 2.75) is 19.9 Å². The van der Waals surface area contributed by atoms with E-state index < -0.39 is 0 Å². The smallest absolute Gasteiger partial charge is 0.0705 e. The van der Waals surface area contributed by atoms with Gasteiger partial charge < -0.3 is 5.73 Å². The summed E-state index contributed by atoms with van der Waals surface area (Å²) in [6.45, 7) is 4.28. The Hall–Kier alpha value is -1.41. The lowest BCUT2D eigenvalue weighted by atomic mass is 9.94. The summed E-state index contributed by atoms with van der Waals surface area (Å²) in [6, 6.07) is 10.3. The van der Waals surface area contributed by atoms with Crippen molar-refractivity contribution in [3.05, 3.63) is 42.1 Å². The lowest BCUT2D eigenvalue weighted by Gasteiger charge is -2.17. The quantitative estimate of drug-likeness (QED) is 0.809. The van der Waals surface area contributed by atoms with Crippen LogP contribution in [0.5, 0.6) is 0 Å². The average molecular weight is 200 g/mol. The van der Waals surface area contributed by atoms with Crippen LogP contribution in [0.25, 0.3) is 10.9 Å². The summed E-state index contributed by atoms with van der Waals surface area (Å²) in [6.07, 6.45) is 1.81. The second-order valence-corrected chi connectivity index (χ2v) is 4.19. The van der Waals surface area contributed by atoms with Crippen LogP contribution in [0.3, 0.4) is 0 Å². The fourth-order valence-corrected chi connectivity index (χ4v) is 1.78. The Morgan fingerprint density at radius 2 is 1.93 bits per heavy atom. The number of benzene rings is 1. The van der Waals surface area contributed by atoms with Gasteiger partial charge in [0.2, 0.25) is 0 Å². The van der Waals surface area contributed by atoms with Gasteiger partial charge in [-0.3, -0.25) is 4.98 Å². The van der Waals surface area contributed by atoms with Crippen molar-refractivity contribution in [1.29, 1.82) is 0 Å². The third-order valence-corrected chi connectivity index (χ3v) is 2.76. The predicted molar refractivity (Wildman–Crippen MR) is 63.5 cm³/mol. The van der Waals surface area contributed by atoms with Gasteiger partial charge in [-0.2, -0.15) is 0 Å². The van der Waals surface area contributed by atoms with Crippen LogP contribution in [0.2, 0.25) is 0 Å². The molecule has 2 aromatic rings. The molecule has 15 heavy (non-hydrogen) atoms. The Bertz CT molecular complexity index is 458. The highest BCUT2D eigenvalue weighted by Gasteiger charge is 2.12. The van der Waals surface area contributed by atoms with Crippen LogP contribution in [-0.4, -0.2) is 4.98 Å². The van der Waals surface area contributed by atoms with E-state index in [9.17, 15) is 0 Å². The van der Waals surface area contributed by atoms with Crippen LogP contribution in [-0.2, 0) is 0 Å². The Balaban J connectivity index is 2.60. The van der Waals surface area contributed by atoms with Gasteiger partial charge >= 0.3 is 0 Å². The molecule has 1 aromatic carbocycles. The van der Waals surface area contributed by atoms with E-state index in [-0.39, 0.29) is 6.04 Å². The minimum atomic E-state index is 0.0814. The number of rotatable bonds is 2. The number of fused-ring (bicyclic) bond motifs is 1. The monoisotopic (exact) mass is 200 g/mol.